The van der Waals surface area contributed by atoms with E-state index in [-0.39, 0.29) is 57.8 Å². The number of aliphatic carboxylic acids is 2. The minimum atomic E-state index is -0.907. The van der Waals surface area contributed by atoms with E-state index in [1.165, 1.54) is 116 Å². The molecule has 33 heavy (non-hydrogen) atoms. The Morgan fingerprint density at radius 3 is 0.970 bits per heavy atom. The third-order valence-electron chi connectivity index (χ3n) is 5.98. The van der Waals surface area contributed by atoms with Crippen LogP contribution in [0.4, 0.5) is 0 Å². The Morgan fingerprint density at radius 2 is 0.727 bits per heavy atom. The molecule has 0 aliphatic rings. The minimum absolute atomic E-state index is 0. The van der Waals surface area contributed by atoms with Crippen molar-refractivity contribution < 1.29 is 71.2 Å². The number of carbonyl (C=O) groups excluding carboxylic acids is 1. The maximum Gasteiger partial charge on any atom is 1.00 e. The van der Waals surface area contributed by atoms with Gasteiger partial charge in [0.25, 0.3) is 0 Å². The number of hydrogen-bond donors (Lipinski definition) is 1. The van der Waals surface area contributed by atoms with Crippen LogP contribution in [-0.4, -0.2) is 17.0 Å². The number of carboxylic acid groups (broad SMARTS) is 2. The van der Waals surface area contributed by atoms with Gasteiger partial charge in [-0.3, -0.25) is 4.79 Å². The molecule has 4 nitrogen and oxygen atoms in total. The molecule has 0 bridgehead atoms. The van der Waals surface area contributed by atoms with E-state index in [1.54, 1.807) is 0 Å². The third-order valence-corrected chi connectivity index (χ3v) is 5.98. The monoisotopic (exact) mass is 494 g/mol. The van der Waals surface area contributed by atoms with Gasteiger partial charge in [-0.05, 0) is 19.3 Å². The fourth-order valence-electron chi connectivity index (χ4n) is 3.87. The molecule has 0 aromatic heterocycles. The molecule has 0 aliphatic carbocycles. The van der Waals surface area contributed by atoms with Crippen LogP contribution in [0.1, 0.15) is 168 Å². The Morgan fingerprint density at radius 1 is 0.485 bits per heavy atom. The summed E-state index contributed by atoms with van der Waals surface area (Å²) in [5.74, 6) is -1.56. The molecule has 0 unspecified atom stereocenters. The van der Waals surface area contributed by atoms with Crippen molar-refractivity contribution >= 4 is 11.9 Å². The first kappa shape index (κ1) is 38.1. The van der Waals surface area contributed by atoms with Crippen molar-refractivity contribution in [2.75, 3.05) is 0 Å². The van der Waals surface area contributed by atoms with Crippen LogP contribution in [0.5, 0.6) is 0 Å². The molecule has 0 atom stereocenters. The Bertz CT molecular complexity index is 352. The number of hydrogen-bond acceptors (Lipinski definition) is 3. The van der Waals surface area contributed by atoms with E-state index in [1.807, 2.05) is 0 Å². The van der Waals surface area contributed by atoms with Gasteiger partial charge in [0.1, 0.15) is 0 Å². The quantitative estimate of drug-likeness (QED) is 0.147. The van der Waals surface area contributed by atoms with Gasteiger partial charge in [0.2, 0.25) is 0 Å². The van der Waals surface area contributed by atoms with Crippen LogP contribution in [0.3, 0.4) is 0 Å². The zero-order chi connectivity index (χ0) is 24.1. The van der Waals surface area contributed by atoms with E-state index >= 15 is 0 Å². The summed E-state index contributed by atoms with van der Waals surface area (Å²) < 4.78 is 0. The average Bonchev–Trinajstić information content (AvgIpc) is 2.76. The van der Waals surface area contributed by atoms with Gasteiger partial charge in [0, 0.05) is 12.4 Å². The van der Waals surface area contributed by atoms with Gasteiger partial charge in [0.15, 0.2) is 0 Å². The van der Waals surface area contributed by atoms with Crippen LogP contribution in [-0.2, 0) is 9.59 Å². The Kier molecular flexibility index (Phi) is 40.1. The van der Waals surface area contributed by atoms with Crippen LogP contribution >= 0.6 is 0 Å². The van der Waals surface area contributed by atoms with Crippen molar-refractivity contribution in [1.29, 1.82) is 0 Å². The second-order valence-corrected chi connectivity index (χ2v) is 9.34. The SMILES string of the molecule is CCCCCCCCCCCCCC(=O)O.CCCCCCCCCCCCCC(=O)[O-].[K+]. The molecule has 0 aromatic rings. The fourth-order valence-corrected chi connectivity index (χ4v) is 3.87. The van der Waals surface area contributed by atoms with E-state index in [0.717, 1.165) is 25.7 Å². The van der Waals surface area contributed by atoms with E-state index in [9.17, 15) is 14.7 Å². The summed E-state index contributed by atoms with van der Waals surface area (Å²) in [4.78, 5) is 20.4. The summed E-state index contributed by atoms with van der Waals surface area (Å²) in [5.41, 5.74) is 0. The maximum absolute atomic E-state index is 10.3. The van der Waals surface area contributed by atoms with Gasteiger partial charge in [-0.2, -0.15) is 0 Å². The summed E-state index contributed by atoms with van der Waals surface area (Å²) in [6.45, 7) is 4.49. The fraction of sp³-hybridized carbons (Fsp3) is 0.929. The topological polar surface area (TPSA) is 77.4 Å². The summed E-state index contributed by atoms with van der Waals surface area (Å²) in [6, 6.07) is 0. The summed E-state index contributed by atoms with van der Waals surface area (Å²) in [7, 11) is 0. The molecule has 192 valence electrons. The van der Waals surface area contributed by atoms with E-state index in [4.69, 9.17) is 5.11 Å². The third kappa shape index (κ3) is 43.1. The van der Waals surface area contributed by atoms with Gasteiger partial charge >= 0.3 is 57.4 Å². The summed E-state index contributed by atoms with van der Waals surface area (Å²) >= 11 is 0. The summed E-state index contributed by atoms with van der Waals surface area (Å²) in [5, 5.41) is 18.6. The number of carbonyl (C=O) groups is 2. The van der Waals surface area contributed by atoms with Crippen molar-refractivity contribution in [1.82, 2.24) is 0 Å². The molecule has 0 aliphatic heterocycles. The molecule has 0 saturated heterocycles. The molecule has 0 saturated carbocycles. The predicted octanol–water partition coefficient (Wildman–Crippen LogP) is 5.21. The molecular formula is C28H55KO4. The van der Waals surface area contributed by atoms with Crippen molar-refractivity contribution in [2.24, 2.45) is 0 Å². The van der Waals surface area contributed by atoms with Gasteiger partial charge in [-0.15, -0.1) is 0 Å². The smallest absolute Gasteiger partial charge is 0.550 e. The van der Waals surface area contributed by atoms with Crippen molar-refractivity contribution in [2.45, 2.75) is 168 Å². The van der Waals surface area contributed by atoms with Gasteiger partial charge in [-0.1, -0.05) is 142 Å². The zero-order valence-electron chi connectivity index (χ0n) is 22.6. The second kappa shape index (κ2) is 34.7. The molecule has 0 spiro atoms. The Labute approximate surface area is 248 Å². The molecule has 5 heteroatoms. The largest absolute Gasteiger partial charge is 1.00 e. The van der Waals surface area contributed by atoms with Crippen LogP contribution in [0, 0.1) is 0 Å². The van der Waals surface area contributed by atoms with Gasteiger partial charge in [-0.25, -0.2) is 0 Å². The average molecular weight is 495 g/mol. The second-order valence-electron chi connectivity index (χ2n) is 9.34. The predicted molar refractivity (Wildman–Crippen MR) is 135 cm³/mol. The maximum atomic E-state index is 10.3. The molecule has 0 aromatic carbocycles. The first-order valence-electron chi connectivity index (χ1n) is 14.0. The van der Waals surface area contributed by atoms with E-state index in [0.29, 0.717) is 6.42 Å². The Balaban J connectivity index is -0.000000529. The van der Waals surface area contributed by atoms with Crippen LogP contribution in [0.15, 0.2) is 0 Å². The first-order chi connectivity index (χ1) is 15.5. The molecule has 0 fully saturated rings. The zero-order valence-corrected chi connectivity index (χ0v) is 25.8. The van der Waals surface area contributed by atoms with Crippen molar-refractivity contribution in [3.8, 4) is 0 Å². The normalized spacial score (nSPS) is 10.2. The van der Waals surface area contributed by atoms with E-state index in [2.05, 4.69) is 13.8 Å². The molecule has 0 heterocycles. The number of carboxylic acids is 2. The van der Waals surface area contributed by atoms with Crippen molar-refractivity contribution in [3.63, 3.8) is 0 Å². The molecular weight excluding hydrogens is 439 g/mol. The molecule has 0 amide bonds. The van der Waals surface area contributed by atoms with Crippen molar-refractivity contribution in [3.05, 3.63) is 0 Å². The number of rotatable bonds is 24. The van der Waals surface area contributed by atoms with E-state index < -0.39 is 11.9 Å². The van der Waals surface area contributed by atoms with Gasteiger partial charge < -0.3 is 15.0 Å². The molecule has 0 rings (SSSR count). The Hall–Kier alpha value is 0.576. The first-order valence-corrected chi connectivity index (χ1v) is 14.0. The molecule has 1 N–H and O–H groups in total. The molecule has 0 radical (unpaired) electrons. The summed E-state index contributed by atoms with van der Waals surface area (Å²) in [6.07, 6.45) is 28.4. The van der Waals surface area contributed by atoms with Crippen LogP contribution < -0.4 is 56.5 Å². The van der Waals surface area contributed by atoms with Crippen LogP contribution in [0.2, 0.25) is 0 Å². The minimum Gasteiger partial charge on any atom is -0.550 e. The standard InChI is InChI=1S/2C14H28O2.K/c2*1-2-3-4-5-6-7-8-9-10-11-12-13-14(15)16;/h2*2-13H2,1H3,(H,15,16);/q;;+1/p-1. The van der Waals surface area contributed by atoms with Gasteiger partial charge in [0.05, 0.1) is 0 Å². The number of unbranched alkanes of at least 4 members (excludes halogenated alkanes) is 20. The van der Waals surface area contributed by atoms with Crippen LogP contribution in [0.25, 0.3) is 0 Å².